The van der Waals surface area contributed by atoms with E-state index in [4.69, 9.17) is 4.74 Å². The first-order chi connectivity index (χ1) is 8.67. The summed E-state index contributed by atoms with van der Waals surface area (Å²) in [6.07, 6.45) is 7.29. The summed E-state index contributed by atoms with van der Waals surface area (Å²) in [5.41, 5.74) is 0. The highest BCUT2D eigenvalue weighted by Crippen LogP contribution is 2.33. The molecule has 1 aliphatic carbocycles. The summed E-state index contributed by atoms with van der Waals surface area (Å²) in [5.74, 6) is 0.664. The van der Waals surface area contributed by atoms with E-state index in [1.165, 1.54) is 12.8 Å². The van der Waals surface area contributed by atoms with Gasteiger partial charge in [-0.1, -0.05) is 33.1 Å². The Morgan fingerprint density at radius 1 is 1.28 bits per heavy atom. The standard InChI is InChI=1S/C15H26O3/c1-3-5-6-7-13-9-12(10-14(13)16)11-15(17)18-8-4-2/h12-13H,3-11H2,1-2H3/t12-,13?/m1/s1. The summed E-state index contributed by atoms with van der Waals surface area (Å²) in [5, 5.41) is 0. The Bertz CT molecular complexity index is 273. The second kappa shape index (κ2) is 8.28. The fourth-order valence-electron chi connectivity index (χ4n) is 2.65. The number of hydrogen-bond donors (Lipinski definition) is 0. The highest BCUT2D eigenvalue weighted by molar-refractivity contribution is 5.84. The highest BCUT2D eigenvalue weighted by atomic mass is 16.5. The van der Waals surface area contributed by atoms with E-state index in [0.717, 1.165) is 25.7 Å². The lowest BCUT2D eigenvalue weighted by atomic mass is 9.97. The topological polar surface area (TPSA) is 43.4 Å². The van der Waals surface area contributed by atoms with E-state index >= 15 is 0 Å². The molecule has 1 unspecified atom stereocenters. The van der Waals surface area contributed by atoms with Crippen LogP contribution in [0.2, 0.25) is 0 Å². The molecule has 0 aromatic heterocycles. The Labute approximate surface area is 110 Å². The smallest absolute Gasteiger partial charge is 0.306 e. The predicted octanol–water partition coefficient (Wildman–Crippen LogP) is 3.51. The van der Waals surface area contributed by atoms with Crippen molar-refractivity contribution < 1.29 is 14.3 Å². The molecule has 2 atom stereocenters. The molecule has 1 rings (SSSR count). The van der Waals surface area contributed by atoms with Gasteiger partial charge in [-0.2, -0.15) is 0 Å². The third-order valence-electron chi connectivity index (χ3n) is 3.64. The van der Waals surface area contributed by atoms with Crippen molar-refractivity contribution >= 4 is 11.8 Å². The molecule has 0 heterocycles. The molecule has 0 aromatic rings. The first-order valence-corrected chi connectivity index (χ1v) is 7.35. The van der Waals surface area contributed by atoms with Crippen LogP contribution in [0.5, 0.6) is 0 Å². The zero-order valence-corrected chi connectivity index (χ0v) is 11.7. The van der Waals surface area contributed by atoms with E-state index in [-0.39, 0.29) is 17.8 Å². The predicted molar refractivity (Wildman–Crippen MR) is 71.2 cm³/mol. The van der Waals surface area contributed by atoms with Crippen molar-refractivity contribution in [1.29, 1.82) is 0 Å². The molecule has 0 aromatic carbocycles. The van der Waals surface area contributed by atoms with Crippen molar-refractivity contribution in [2.45, 2.75) is 65.2 Å². The molecule has 1 fully saturated rings. The van der Waals surface area contributed by atoms with Gasteiger partial charge in [-0.3, -0.25) is 9.59 Å². The molecular weight excluding hydrogens is 228 g/mol. The number of ether oxygens (including phenoxy) is 1. The van der Waals surface area contributed by atoms with Gasteiger partial charge in [0, 0.05) is 18.8 Å². The molecule has 0 amide bonds. The normalized spacial score (nSPS) is 23.3. The van der Waals surface area contributed by atoms with Crippen molar-refractivity contribution in [2.24, 2.45) is 11.8 Å². The van der Waals surface area contributed by atoms with Gasteiger partial charge >= 0.3 is 5.97 Å². The molecule has 3 heteroatoms. The van der Waals surface area contributed by atoms with Gasteiger partial charge in [0.2, 0.25) is 0 Å². The maximum atomic E-state index is 11.8. The first kappa shape index (κ1) is 15.2. The Morgan fingerprint density at radius 3 is 2.72 bits per heavy atom. The maximum Gasteiger partial charge on any atom is 0.306 e. The molecule has 1 aliphatic rings. The fourth-order valence-corrected chi connectivity index (χ4v) is 2.65. The number of carbonyl (C=O) groups excluding carboxylic acids is 2. The summed E-state index contributed by atoms with van der Waals surface area (Å²) < 4.78 is 5.07. The van der Waals surface area contributed by atoms with Crippen molar-refractivity contribution in [3.05, 3.63) is 0 Å². The minimum atomic E-state index is -0.135. The number of rotatable bonds is 8. The Balaban J connectivity index is 2.25. The van der Waals surface area contributed by atoms with Gasteiger partial charge in [0.05, 0.1) is 6.61 Å². The van der Waals surface area contributed by atoms with E-state index < -0.39 is 0 Å². The Morgan fingerprint density at radius 2 is 2.06 bits per heavy atom. The van der Waals surface area contributed by atoms with Gasteiger partial charge in [0.25, 0.3) is 0 Å². The number of hydrogen-bond acceptors (Lipinski definition) is 3. The van der Waals surface area contributed by atoms with Crippen molar-refractivity contribution in [3.8, 4) is 0 Å². The van der Waals surface area contributed by atoms with E-state index in [1.807, 2.05) is 6.92 Å². The van der Waals surface area contributed by atoms with Crippen molar-refractivity contribution in [2.75, 3.05) is 6.61 Å². The van der Waals surface area contributed by atoms with E-state index in [2.05, 4.69) is 6.92 Å². The molecular formula is C15H26O3. The molecule has 18 heavy (non-hydrogen) atoms. The van der Waals surface area contributed by atoms with Crippen LogP contribution in [0.25, 0.3) is 0 Å². The maximum absolute atomic E-state index is 11.8. The number of unbranched alkanes of at least 4 members (excludes halogenated alkanes) is 2. The van der Waals surface area contributed by atoms with Crippen LogP contribution in [0, 0.1) is 11.8 Å². The van der Waals surface area contributed by atoms with Crippen LogP contribution >= 0.6 is 0 Å². The third-order valence-corrected chi connectivity index (χ3v) is 3.64. The van der Waals surface area contributed by atoms with Gasteiger partial charge in [-0.25, -0.2) is 0 Å². The number of Topliss-reactive ketones (excluding diaryl/α,β-unsaturated/α-hetero) is 1. The zero-order valence-electron chi connectivity index (χ0n) is 11.7. The van der Waals surface area contributed by atoms with Crippen LogP contribution in [-0.2, 0) is 14.3 Å². The molecule has 0 radical (unpaired) electrons. The monoisotopic (exact) mass is 254 g/mol. The minimum Gasteiger partial charge on any atom is -0.466 e. The average molecular weight is 254 g/mol. The summed E-state index contributed by atoms with van der Waals surface area (Å²) in [7, 11) is 0. The van der Waals surface area contributed by atoms with Crippen LogP contribution in [-0.4, -0.2) is 18.4 Å². The molecule has 0 aliphatic heterocycles. The highest BCUT2D eigenvalue weighted by Gasteiger charge is 2.33. The number of carbonyl (C=O) groups is 2. The average Bonchev–Trinajstić information content (AvgIpc) is 2.67. The molecule has 0 spiro atoms. The lowest BCUT2D eigenvalue weighted by molar-refractivity contribution is -0.144. The van der Waals surface area contributed by atoms with Crippen LogP contribution in [0.4, 0.5) is 0 Å². The minimum absolute atomic E-state index is 0.135. The van der Waals surface area contributed by atoms with Crippen molar-refractivity contribution in [1.82, 2.24) is 0 Å². The largest absolute Gasteiger partial charge is 0.466 e. The van der Waals surface area contributed by atoms with Gasteiger partial charge in [0.1, 0.15) is 5.78 Å². The summed E-state index contributed by atoms with van der Waals surface area (Å²) in [6, 6.07) is 0. The van der Waals surface area contributed by atoms with Crippen LogP contribution in [0.15, 0.2) is 0 Å². The molecule has 0 bridgehead atoms. The third kappa shape index (κ3) is 5.19. The SMILES string of the molecule is CCCCCC1C[C@@H](CC(=O)OCCC)CC1=O. The lowest BCUT2D eigenvalue weighted by Gasteiger charge is -2.09. The van der Waals surface area contributed by atoms with Crippen LogP contribution < -0.4 is 0 Å². The molecule has 104 valence electrons. The van der Waals surface area contributed by atoms with Crippen LogP contribution in [0.3, 0.4) is 0 Å². The molecule has 1 saturated carbocycles. The Kier molecular flexibility index (Phi) is 6.99. The van der Waals surface area contributed by atoms with Crippen molar-refractivity contribution in [3.63, 3.8) is 0 Å². The van der Waals surface area contributed by atoms with Gasteiger partial charge < -0.3 is 4.74 Å². The van der Waals surface area contributed by atoms with E-state index in [9.17, 15) is 9.59 Å². The van der Waals surface area contributed by atoms with Crippen LogP contribution in [0.1, 0.15) is 65.2 Å². The number of esters is 1. The van der Waals surface area contributed by atoms with E-state index in [1.54, 1.807) is 0 Å². The second-order valence-corrected chi connectivity index (χ2v) is 5.39. The summed E-state index contributed by atoms with van der Waals surface area (Å²) in [6.45, 7) is 4.65. The fraction of sp³-hybridized carbons (Fsp3) is 0.867. The quantitative estimate of drug-likeness (QED) is 0.492. The first-order valence-electron chi connectivity index (χ1n) is 7.35. The van der Waals surface area contributed by atoms with Gasteiger partial charge in [-0.15, -0.1) is 0 Å². The zero-order chi connectivity index (χ0) is 13.4. The molecule has 0 saturated heterocycles. The second-order valence-electron chi connectivity index (χ2n) is 5.39. The van der Waals surface area contributed by atoms with Gasteiger partial charge in [-0.05, 0) is 25.2 Å². The summed E-state index contributed by atoms with van der Waals surface area (Å²) in [4.78, 5) is 23.3. The summed E-state index contributed by atoms with van der Waals surface area (Å²) >= 11 is 0. The molecule has 0 N–H and O–H groups in total. The number of ketones is 1. The lowest BCUT2D eigenvalue weighted by Crippen LogP contribution is -2.10. The molecule has 3 nitrogen and oxygen atoms in total. The van der Waals surface area contributed by atoms with E-state index in [0.29, 0.717) is 25.2 Å². The van der Waals surface area contributed by atoms with Gasteiger partial charge in [0.15, 0.2) is 0 Å². The Hall–Kier alpha value is -0.860.